The molecular weight excluding hydrogens is 238 g/mol. The molecule has 0 aliphatic heterocycles. The Balaban J connectivity index is 2.10. The topological polar surface area (TPSA) is 66.5 Å². The van der Waals surface area contributed by atoms with Crippen LogP contribution in [0.15, 0.2) is 24.3 Å². The predicted molar refractivity (Wildman–Crippen MR) is 76.8 cm³/mol. The van der Waals surface area contributed by atoms with E-state index < -0.39 is 0 Å². The largest absolute Gasteiger partial charge is 0.382 e. The van der Waals surface area contributed by atoms with Crippen molar-refractivity contribution in [2.75, 3.05) is 5.32 Å². The molecule has 0 saturated heterocycles. The van der Waals surface area contributed by atoms with Crippen molar-refractivity contribution in [3.63, 3.8) is 0 Å². The summed E-state index contributed by atoms with van der Waals surface area (Å²) in [5, 5.41) is 17.7. The average molecular weight is 259 g/mol. The number of hydrogen-bond donors (Lipinski definition) is 2. The van der Waals surface area contributed by atoms with E-state index in [0.29, 0.717) is 11.9 Å². The number of hydrogen-bond acceptors (Lipinski definition) is 4. The fraction of sp³-hybridized carbons (Fsp3) is 0.500. The van der Waals surface area contributed by atoms with Crippen LogP contribution in [0.3, 0.4) is 0 Å². The van der Waals surface area contributed by atoms with Gasteiger partial charge in [-0.25, -0.2) is 0 Å². The molecule has 0 fully saturated rings. The molecule has 0 radical (unpaired) electrons. The van der Waals surface area contributed by atoms with Gasteiger partial charge in [0.1, 0.15) is 0 Å². The second-order valence-electron chi connectivity index (χ2n) is 4.73. The SMILES string of the molecule is CCCC(CCC)Nc1cccc(-c2nn[nH]n2)c1. The second kappa shape index (κ2) is 6.87. The third-order valence-electron chi connectivity index (χ3n) is 3.11. The zero-order valence-corrected chi connectivity index (χ0v) is 11.6. The first-order chi connectivity index (χ1) is 9.33. The van der Waals surface area contributed by atoms with Crippen LogP contribution in [0, 0.1) is 0 Å². The molecule has 0 atom stereocenters. The van der Waals surface area contributed by atoms with E-state index in [1.165, 1.54) is 25.7 Å². The van der Waals surface area contributed by atoms with Crippen molar-refractivity contribution in [2.45, 2.75) is 45.6 Å². The summed E-state index contributed by atoms with van der Waals surface area (Å²) in [6, 6.07) is 8.70. The van der Waals surface area contributed by atoms with Crippen molar-refractivity contribution in [1.29, 1.82) is 0 Å². The number of anilines is 1. The molecule has 102 valence electrons. The van der Waals surface area contributed by atoms with E-state index in [9.17, 15) is 0 Å². The smallest absolute Gasteiger partial charge is 0.204 e. The van der Waals surface area contributed by atoms with Crippen LogP contribution >= 0.6 is 0 Å². The Labute approximate surface area is 113 Å². The number of nitrogens with zero attached hydrogens (tertiary/aromatic N) is 3. The molecule has 0 amide bonds. The number of H-pyrrole nitrogens is 1. The van der Waals surface area contributed by atoms with E-state index in [1.807, 2.05) is 12.1 Å². The van der Waals surface area contributed by atoms with Crippen LogP contribution in [-0.2, 0) is 0 Å². The van der Waals surface area contributed by atoms with E-state index in [4.69, 9.17) is 0 Å². The van der Waals surface area contributed by atoms with Crippen LogP contribution in [0.4, 0.5) is 5.69 Å². The highest BCUT2D eigenvalue weighted by Crippen LogP contribution is 2.20. The molecule has 0 aliphatic rings. The third kappa shape index (κ3) is 3.77. The van der Waals surface area contributed by atoms with Crippen LogP contribution in [-0.4, -0.2) is 26.7 Å². The lowest BCUT2D eigenvalue weighted by molar-refractivity contribution is 0.586. The van der Waals surface area contributed by atoms with Crippen LogP contribution in [0.1, 0.15) is 39.5 Å². The molecular formula is C14H21N5. The summed E-state index contributed by atoms with van der Waals surface area (Å²) in [7, 11) is 0. The number of aromatic amines is 1. The van der Waals surface area contributed by atoms with Crippen molar-refractivity contribution in [2.24, 2.45) is 0 Å². The van der Waals surface area contributed by atoms with Crippen molar-refractivity contribution < 1.29 is 0 Å². The highest BCUT2D eigenvalue weighted by atomic mass is 15.5. The molecule has 0 saturated carbocycles. The molecule has 1 heterocycles. The van der Waals surface area contributed by atoms with E-state index in [1.54, 1.807) is 0 Å². The summed E-state index contributed by atoms with van der Waals surface area (Å²) < 4.78 is 0. The number of tetrazole rings is 1. The maximum absolute atomic E-state index is 4.00. The van der Waals surface area contributed by atoms with E-state index in [2.05, 4.69) is 51.9 Å². The van der Waals surface area contributed by atoms with Crippen LogP contribution in [0.2, 0.25) is 0 Å². The molecule has 1 aromatic heterocycles. The van der Waals surface area contributed by atoms with Crippen molar-refractivity contribution in [3.8, 4) is 11.4 Å². The van der Waals surface area contributed by atoms with Crippen molar-refractivity contribution in [1.82, 2.24) is 20.6 Å². The molecule has 2 rings (SSSR count). The van der Waals surface area contributed by atoms with Gasteiger partial charge in [-0.1, -0.05) is 38.8 Å². The second-order valence-corrected chi connectivity index (χ2v) is 4.73. The standard InChI is InChI=1S/C14H21N5/c1-3-6-12(7-4-2)15-13-9-5-8-11(10-13)14-16-18-19-17-14/h5,8-10,12,15H,3-4,6-7H2,1-2H3,(H,16,17,18,19). The summed E-state index contributed by atoms with van der Waals surface area (Å²) in [4.78, 5) is 0. The van der Waals surface area contributed by atoms with Crippen molar-refractivity contribution in [3.05, 3.63) is 24.3 Å². The van der Waals surface area contributed by atoms with Gasteiger partial charge in [0.15, 0.2) is 0 Å². The molecule has 5 nitrogen and oxygen atoms in total. The first-order valence-corrected chi connectivity index (χ1v) is 6.94. The minimum atomic E-state index is 0.538. The summed E-state index contributed by atoms with van der Waals surface area (Å²) in [5.74, 6) is 0.631. The Morgan fingerprint density at radius 1 is 1.21 bits per heavy atom. The van der Waals surface area contributed by atoms with Gasteiger partial charge in [-0.3, -0.25) is 0 Å². The number of rotatable bonds is 7. The molecule has 19 heavy (non-hydrogen) atoms. The fourth-order valence-electron chi connectivity index (χ4n) is 2.25. The molecule has 0 aliphatic carbocycles. The van der Waals surface area contributed by atoms with Gasteiger partial charge in [0.2, 0.25) is 5.82 Å². The minimum absolute atomic E-state index is 0.538. The quantitative estimate of drug-likeness (QED) is 0.801. The maximum Gasteiger partial charge on any atom is 0.204 e. The Morgan fingerprint density at radius 3 is 2.63 bits per heavy atom. The van der Waals surface area contributed by atoms with E-state index in [-0.39, 0.29) is 0 Å². The van der Waals surface area contributed by atoms with Crippen LogP contribution in [0.25, 0.3) is 11.4 Å². The zero-order valence-electron chi connectivity index (χ0n) is 11.6. The van der Waals surface area contributed by atoms with Gasteiger partial charge >= 0.3 is 0 Å². The van der Waals surface area contributed by atoms with Crippen LogP contribution < -0.4 is 5.32 Å². The lowest BCUT2D eigenvalue weighted by Gasteiger charge is -2.19. The number of aromatic nitrogens is 4. The Bertz CT molecular complexity index is 474. The van der Waals surface area contributed by atoms with Gasteiger partial charge in [0.05, 0.1) is 0 Å². The molecule has 0 unspecified atom stereocenters. The highest BCUT2D eigenvalue weighted by Gasteiger charge is 2.08. The molecule has 2 aromatic rings. The zero-order chi connectivity index (χ0) is 13.5. The average Bonchev–Trinajstić information content (AvgIpc) is 2.93. The number of nitrogens with one attached hydrogen (secondary N) is 2. The first kappa shape index (κ1) is 13.5. The fourth-order valence-corrected chi connectivity index (χ4v) is 2.25. The minimum Gasteiger partial charge on any atom is -0.382 e. The monoisotopic (exact) mass is 259 g/mol. The van der Waals surface area contributed by atoms with Gasteiger partial charge in [-0.05, 0) is 30.2 Å². The summed E-state index contributed by atoms with van der Waals surface area (Å²) in [5.41, 5.74) is 2.10. The maximum atomic E-state index is 4.00. The lowest BCUT2D eigenvalue weighted by atomic mass is 10.1. The summed E-state index contributed by atoms with van der Waals surface area (Å²) >= 11 is 0. The predicted octanol–water partition coefficient (Wildman–Crippen LogP) is 3.25. The lowest BCUT2D eigenvalue weighted by Crippen LogP contribution is -2.18. The molecule has 0 spiro atoms. The van der Waals surface area contributed by atoms with Gasteiger partial charge in [-0.15, -0.1) is 10.2 Å². The van der Waals surface area contributed by atoms with Gasteiger partial charge in [0, 0.05) is 17.3 Å². The summed E-state index contributed by atoms with van der Waals surface area (Å²) in [6.07, 6.45) is 4.78. The molecule has 5 heteroatoms. The molecule has 1 aromatic carbocycles. The third-order valence-corrected chi connectivity index (χ3v) is 3.11. The Kier molecular flexibility index (Phi) is 4.89. The molecule has 0 bridgehead atoms. The van der Waals surface area contributed by atoms with Crippen LogP contribution in [0.5, 0.6) is 0 Å². The Morgan fingerprint density at radius 2 is 2.00 bits per heavy atom. The van der Waals surface area contributed by atoms with E-state index in [0.717, 1.165) is 11.3 Å². The number of benzene rings is 1. The van der Waals surface area contributed by atoms with Gasteiger partial charge < -0.3 is 5.32 Å². The van der Waals surface area contributed by atoms with E-state index >= 15 is 0 Å². The first-order valence-electron chi connectivity index (χ1n) is 6.94. The van der Waals surface area contributed by atoms with Gasteiger partial charge in [0.25, 0.3) is 0 Å². The highest BCUT2D eigenvalue weighted by molar-refractivity contribution is 5.61. The van der Waals surface area contributed by atoms with Gasteiger partial charge in [-0.2, -0.15) is 5.21 Å². The van der Waals surface area contributed by atoms with Crippen molar-refractivity contribution >= 4 is 5.69 Å². The molecule has 2 N–H and O–H groups in total. The Hall–Kier alpha value is -1.91. The summed E-state index contributed by atoms with van der Waals surface area (Å²) in [6.45, 7) is 4.44. The normalized spacial score (nSPS) is 10.9.